The van der Waals surface area contributed by atoms with Crippen LogP contribution in [0.5, 0.6) is 11.5 Å². The van der Waals surface area contributed by atoms with Crippen molar-refractivity contribution >= 4 is 17.3 Å². The number of benzene rings is 2. The molecule has 1 atom stereocenters. The van der Waals surface area contributed by atoms with Gasteiger partial charge >= 0.3 is 0 Å². The van der Waals surface area contributed by atoms with E-state index in [4.69, 9.17) is 14.3 Å². The van der Waals surface area contributed by atoms with Gasteiger partial charge in [0.15, 0.2) is 11.5 Å². The van der Waals surface area contributed by atoms with Crippen molar-refractivity contribution in [1.29, 1.82) is 0 Å². The Morgan fingerprint density at radius 1 is 1.12 bits per heavy atom. The maximum Gasteiger partial charge on any atom is 0.268 e. The summed E-state index contributed by atoms with van der Waals surface area (Å²) in [6.07, 6.45) is -0.405. The molecule has 0 spiro atoms. The van der Waals surface area contributed by atoms with Gasteiger partial charge in [-0.15, -0.1) is 0 Å². The van der Waals surface area contributed by atoms with Gasteiger partial charge < -0.3 is 19.6 Å². The first-order valence-electron chi connectivity index (χ1n) is 7.38. The van der Waals surface area contributed by atoms with Crippen molar-refractivity contribution in [2.45, 2.75) is 12.5 Å². The van der Waals surface area contributed by atoms with Crippen LogP contribution >= 0.6 is 0 Å². The molecule has 122 valence electrons. The van der Waals surface area contributed by atoms with Crippen LogP contribution in [0.25, 0.3) is 0 Å². The number of fused-ring (bicyclic) bond motifs is 1. The highest BCUT2D eigenvalue weighted by Gasteiger charge is 2.29. The van der Waals surface area contributed by atoms with E-state index in [2.05, 4.69) is 10.5 Å². The number of carbonyl (C=O) groups excluding carboxylic acids is 1. The second kappa shape index (κ2) is 5.84. The maximum atomic E-state index is 13.0. The highest BCUT2D eigenvalue weighted by molar-refractivity contribution is 6.06. The summed E-state index contributed by atoms with van der Waals surface area (Å²) in [6, 6.07) is 11.0. The minimum absolute atomic E-state index is 0.174. The summed E-state index contributed by atoms with van der Waals surface area (Å²) in [5.74, 6) is 0.598. The Labute approximate surface area is 136 Å². The topological polar surface area (TPSA) is 69.2 Å². The second-order valence-electron chi connectivity index (χ2n) is 5.40. The van der Waals surface area contributed by atoms with Gasteiger partial charge in [-0.1, -0.05) is 17.3 Å². The largest absolute Gasteiger partial charge is 0.454 e. The molecule has 2 aliphatic rings. The van der Waals surface area contributed by atoms with E-state index in [0.717, 1.165) is 5.56 Å². The molecule has 4 rings (SSSR count). The number of halogens is 1. The van der Waals surface area contributed by atoms with Gasteiger partial charge in [-0.2, -0.15) is 0 Å². The van der Waals surface area contributed by atoms with Crippen molar-refractivity contribution in [2.24, 2.45) is 5.16 Å². The molecule has 0 saturated carbocycles. The summed E-state index contributed by atoms with van der Waals surface area (Å²) in [5, 5.41) is 6.69. The Morgan fingerprint density at radius 3 is 2.75 bits per heavy atom. The van der Waals surface area contributed by atoms with Crippen LogP contribution in [0.2, 0.25) is 0 Å². The molecule has 2 aromatic rings. The second-order valence-corrected chi connectivity index (χ2v) is 5.40. The number of ether oxygens (including phenoxy) is 2. The molecular weight excluding hydrogens is 315 g/mol. The standard InChI is InChI=1S/C17H13FN2O4/c18-11-3-1-10(2-4-11)13-8-16(24-20-13)17(21)19-12-5-6-14-15(7-12)23-9-22-14/h1-7,16H,8-9H2,(H,19,21)/t16-/m1/s1. The molecule has 0 saturated heterocycles. The number of nitrogens with zero attached hydrogens (tertiary/aromatic N) is 1. The lowest BCUT2D eigenvalue weighted by molar-refractivity contribution is -0.125. The fraction of sp³-hybridized carbons (Fsp3) is 0.176. The Kier molecular flexibility index (Phi) is 3.53. The van der Waals surface area contributed by atoms with E-state index < -0.39 is 6.10 Å². The molecule has 2 aliphatic heterocycles. The van der Waals surface area contributed by atoms with Gasteiger partial charge in [0, 0.05) is 18.2 Å². The lowest BCUT2D eigenvalue weighted by Crippen LogP contribution is -2.28. The number of nitrogens with one attached hydrogen (secondary N) is 1. The number of rotatable bonds is 3. The van der Waals surface area contributed by atoms with Gasteiger partial charge in [0.2, 0.25) is 12.9 Å². The van der Waals surface area contributed by atoms with Crippen molar-refractivity contribution in [3.8, 4) is 11.5 Å². The van der Waals surface area contributed by atoms with Crippen molar-refractivity contribution in [2.75, 3.05) is 12.1 Å². The fourth-order valence-corrected chi connectivity index (χ4v) is 2.53. The highest BCUT2D eigenvalue weighted by Crippen LogP contribution is 2.34. The van der Waals surface area contributed by atoms with Crippen molar-refractivity contribution < 1.29 is 23.5 Å². The van der Waals surface area contributed by atoms with Crippen molar-refractivity contribution in [3.63, 3.8) is 0 Å². The van der Waals surface area contributed by atoms with Gasteiger partial charge in [-0.25, -0.2) is 4.39 Å². The van der Waals surface area contributed by atoms with Crippen LogP contribution in [0.4, 0.5) is 10.1 Å². The zero-order chi connectivity index (χ0) is 16.5. The van der Waals surface area contributed by atoms with Crippen LogP contribution in [0.15, 0.2) is 47.6 Å². The van der Waals surface area contributed by atoms with Crippen molar-refractivity contribution in [3.05, 3.63) is 53.8 Å². The zero-order valence-corrected chi connectivity index (χ0v) is 12.5. The fourth-order valence-electron chi connectivity index (χ4n) is 2.53. The Bertz CT molecular complexity index is 820. The quantitative estimate of drug-likeness (QED) is 0.940. The highest BCUT2D eigenvalue weighted by atomic mass is 19.1. The van der Waals surface area contributed by atoms with E-state index in [-0.39, 0.29) is 18.5 Å². The van der Waals surface area contributed by atoms with E-state index in [1.807, 2.05) is 0 Å². The van der Waals surface area contributed by atoms with E-state index >= 15 is 0 Å². The molecule has 1 amide bonds. The van der Waals surface area contributed by atoms with E-state index in [9.17, 15) is 9.18 Å². The third-order valence-electron chi connectivity index (χ3n) is 3.78. The first-order valence-corrected chi connectivity index (χ1v) is 7.38. The summed E-state index contributed by atoms with van der Waals surface area (Å²) in [4.78, 5) is 17.5. The molecule has 24 heavy (non-hydrogen) atoms. The maximum absolute atomic E-state index is 13.0. The predicted octanol–water partition coefficient (Wildman–Crippen LogP) is 2.69. The molecule has 0 bridgehead atoms. The SMILES string of the molecule is O=C(Nc1ccc2c(c1)OCO2)[C@H]1CC(c2ccc(F)cc2)=NO1. The third kappa shape index (κ3) is 2.76. The molecule has 0 aromatic heterocycles. The summed E-state index contributed by atoms with van der Waals surface area (Å²) in [6.45, 7) is 0.174. The first kappa shape index (κ1) is 14.5. The average Bonchev–Trinajstić information content (AvgIpc) is 3.24. The number of hydrogen-bond donors (Lipinski definition) is 1. The zero-order valence-electron chi connectivity index (χ0n) is 12.5. The number of oxime groups is 1. The van der Waals surface area contributed by atoms with Gasteiger partial charge in [0.05, 0.1) is 5.71 Å². The monoisotopic (exact) mass is 328 g/mol. The minimum atomic E-state index is -0.726. The molecule has 6 nitrogen and oxygen atoms in total. The van der Waals surface area contributed by atoms with Crippen LogP contribution < -0.4 is 14.8 Å². The Hall–Kier alpha value is -3.09. The molecule has 2 heterocycles. The van der Waals surface area contributed by atoms with Gasteiger partial charge in [-0.3, -0.25) is 4.79 Å². The number of anilines is 1. The first-order chi connectivity index (χ1) is 11.7. The molecule has 1 N–H and O–H groups in total. The van der Waals surface area contributed by atoms with Crippen LogP contribution in [0, 0.1) is 5.82 Å². The molecule has 0 aliphatic carbocycles. The molecule has 2 aromatic carbocycles. The Morgan fingerprint density at radius 2 is 1.92 bits per heavy atom. The van der Waals surface area contributed by atoms with E-state index in [1.54, 1.807) is 30.3 Å². The van der Waals surface area contributed by atoms with Gasteiger partial charge in [0.25, 0.3) is 5.91 Å². The van der Waals surface area contributed by atoms with Crippen LogP contribution in [-0.2, 0) is 9.63 Å². The molecule has 0 radical (unpaired) electrons. The van der Waals surface area contributed by atoms with Gasteiger partial charge in [0.1, 0.15) is 5.82 Å². The smallest absolute Gasteiger partial charge is 0.268 e. The summed E-state index contributed by atoms with van der Waals surface area (Å²) >= 11 is 0. The van der Waals surface area contributed by atoms with Crippen molar-refractivity contribution in [1.82, 2.24) is 0 Å². The summed E-state index contributed by atoms with van der Waals surface area (Å²) < 4.78 is 23.5. The number of carbonyl (C=O) groups is 1. The molecule has 0 fully saturated rings. The average molecular weight is 328 g/mol. The summed E-state index contributed by atoms with van der Waals surface area (Å²) in [5.41, 5.74) is 1.93. The number of hydrogen-bond acceptors (Lipinski definition) is 5. The van der Waals surface area contributed by atoms with Crippen LogP contribution in [0.3, 0.4) is 0 Å². The third-order valence-corrected chi connectivity index (χ3v) is 3.78. The number of amides is 1. The minimum Gasteiger partial charge on any atom is -0.454 e. The molecule has 7 heteroatoms. The summed E-state index contributed by atoms with van der Waals surface area (Å²) in [7, 11) is 0. The Balaban J connectivity index is 1.40. The predicted molar refractivity (Wildman–Crippen MR) is 83.6 cm³/mol. The van der Waals surface area contributed by atoms with Crippen LogP contribution in [-0.4, -0.2) is 24.5 Å². The molecular formula is C17H13FN2O4. The van der Waals surface area contributed by atoms with E-state index in [0.29, 0.717) is 29.3 Å². The normalized spacial score (nSPS) is 18.0. The van der Waals surface area contributed by atoms with E-state index in [1.165, 1.54) is 12.1 Å². The lowest BCUT2D eigenvalue weighted by Gasteiger charge is -2.10. The van der Waals surface area contributed by atoms with Crippen LogP contribution in [0.1, 0.15) is 12.0 Å². The lowest BCUT2D eigenvalue weighted by atomic mass is 10.0. The van der Waals surface area contributed by atoms with Gasteiger partial charge in [-0.05, 0) is 29.8 Å². The molecule has 0 unspecified atom stereocenters.